The second kappa shape index (κ2) is 10.5. The van der Waals surface area contributed by atoms with Crippen molar-refractivity contribution in [2.75, 3.05) is 28.7 Å². The maximum atomic E-state index is 12.4. The summed E-state index contributed by atoms with van der Waals surface area (Å²) in [5.41, 5.74) is 1.64. The van der Waals surface area contributed by atoms with Crippen molar-refractivity contribution in [3.05, 3.63) is 88.5 Å². The third-order valence-electron chi connectivity index (χ3n) is 5.33. The van der Waals surface area contributed by atoms with Gasteiger partial charge in [0.2, 0.25) is 5.91 Å². The molecule has 1 saturated heterocycles. The molecule has 2 N–H and O–H groups in total. The van der Waals surface area contributed by atoms with Gasteiger partial charge in [-0.25, -0.2) is 4.79 Å². The molecule has 2 amide bonds. The Morgan fingerprint density at radius 2 is 1.77 bits per heavy atom. The lowest BCUT2D eigenvalue weighted by Crippen LogP contribution is -2.24. The van der Waals surface area contributed by atoms with Crippen molar-refractivity contribution in [1.29, 1.82) is 0 Å². The third-order valence-corrected chi connectivity index (χ3v) is 5.33. The average Bonchev–Trinajstić information content (AvgIpc) is 3.29. The van der Waals surface area contributed by atoms with Crippen molar-refractivity contribution >= 4 is 46.2 Å². The molecule has 0 unspecified atom stereocenters. The number of esters is 1. The van der Waals surface area contributed by atoms with E-state index in [1.165, 1.54) is 12.1 Å². The summed E-state index contributed by atoms with van der Waals surface area (Å²) in [6, 6.07) is 19.6. The van der Waals surface area contributed by atoms with Crippen LogP contribution >= 0.6 is 0 Å². The summed E-state index contributed by atoms with van der Waals surface area (Å²) < 4.78 is 5.04. The number of nitro groups is 1. The molecule has 0 saturated carbocycles. The fourth-order valence-electron chi connectivity index (χ4n) is 3.68. The molecule has 4 rings (SSSR count). The highest BCUT2D eigenvalue weighted by atomic mass is 16.6. The smallest absolute Gasteiger partial charge is 0.338 e. The Morgan fingerprint density at radius 3 is 2.49 bits per heavy atom. The molecule has 1 heterocycles. The summed E-state index contributed by atoms with van der Waals surface area (Å²) in [5, 5.41) is 17.1. The lowest BCUT2D eigenvalue weighted by molar-refractivity contribution is -0.383. The van der Waals surface area contributed by atoms with Crippen LogP contribution in [0.15, 0.2) is 72.8 Å². The first-order valence-electron chi connectivity index (χ1n) is 10.9. The van der Waals surface area contributed by atoms with E-state index in [-0.39, 0.29) is 22.8 Å². The molecule has 3 aromatic rings. The lowest BCUT2D eigenvalue weighted by Gasteiger charge is -2.16. The fraction of sp³-hybridized carbons (Fsp3) is 0.160. The van der Waals surface area contributed by atoms with Crippen molar-refractivity contribution in [2.24, 2.45) is 0 Å². The van der Waals surface area contributed by atoms with E-state index >= 15 is 0 Å². The zero-order valence-corrected chi connectivity index (χ0v) is 18.6. The average molecular weight is 474 g/mol. The number of ether oxygens (including phenoxy) is 1. The van der Waals surface area contributed by atoms with Gasteiger partial charge in [0.25, 0.3) is 11.6 Å². The molecule has 0 bridgehead atoms. The van der Waals surface area contributed by atoms with Crippen LogP contribution in [-0.4, -0.2) is 35.9 Å². The van der Waals surface area contributed by atoms with Crippen LogP contribution in [0.25, 0.3) is 0 Å². The van der Waals surface area contributed by atoms with Crippen LogP contribution in [-0.2, 0) is 14.3 Å². The molecular weight excluding hydrogens is 452 g/mol. The van der Waals surface area contributed by atoms with E-state index in [2.05, 4.69) is 10.6 Å². The van der Waals surface area contributed by atoms with Crippen LogP contribution in [0.2, 0.25) is 0 Å². The maximum absolute atomic E-state index is 12.4. The zero-order valence-electron chi connectivity index (χ0n) is 18.6. The van der Waals surface area contributed by atoms with Crippen LogP contribution in [0, 0.1) is 10.1 Å². The van der Waals surface area contributed by atoms with Gasteiger partial charge in [-0.2, -0.15) is 0 Å². The topological polar surface area (TPSA) is 131 Å². The van der Waals surface area contributed by atoms with Crippen LogP contribution < -0.4 is 15.5 Å². The summed E-state index contributed by atoms with van der Waals surface area (Å²) in [7, 11) is 0. The highest BCUT2D eigenvalue weighted by Crippen LogP contribution is 2.29. The van der Waals surface area contributed by atoms with E-state index in [1.54, 1.807) is 53.4 Å². The number of carbonyl (C=O) groups excluding carboxylic acids is 3. The molecule has 0 radical (unpaired) electrons. The van der Waals surface area contributed by atoms with Crippen LogP contribution in [0.3, 0.4) is 0 Å². The molecule has 1 aliphatic heterocycles. The second-order valence-corrected chi connectivity index (χ2v) is 7.80. The number of nitro benzene ring substituents is 1. The quantitative estimate of drug-likeness (QED) is 0.283. The fourth-order valence-corrected chi connectivity index (χ4v) is 3.68. The van der Waals surface area contributed by atoms with Gasteiger partial charge in [-0.15, -0.1) is 0 Å². The Kier molecular flexibility index (Phi) is 7.01. The van der Waals surface area contributed by atoms with E-state index in [0.717, 1.165) is 12.5 Å². The number of para-hydroxylation sites is 1. The van der Waals surface area contributed by atoms with Gasteiger partial charge in [-0.1, -0.05) is 24.3 Å². The lowest BCUT2D eigenvalue weighted by atomic mass is 10.1. The minimum absolute atomic E-state index is 0.0292. The van der Waals surface area contributed by atoms with Crippen molar-refractivity contribution < 1.29 is 24.0 Å². The molecule has 10 heteroatoms. The summed E-state index contributed by atoms with van der Waals surface area (Å²) in [6.07, 6.45) is 1.28. The van der Waals surface area contributed by atoms with Gasteiger partial charge in [-0.05, 0) is 48.9 Å². The van der Waals surface area contributed by atoms with E-state index in [9.17, 15) is 24.5 Å². The SMILES string of the molecule is O=C(COC(=O)c1ccc(Nc2ccccc2)c([N+](=O)[O-])c1)Nc1cccc(N2CCCC2=O)c1. The van der Waals surface area contributed by atoms with E-state index in [0.29, 0.717) is 30.0 Å². The predicted molar refractivity (Wildman–Crippen MR) is 130 cm³/mol. The second-order valence-electron chi connectivity index (χ2n) is 7.80. The van der Waals surface area contributed by atoms with Crippen LogP contribution in [0.4, 0.5) is 28.4 Å². The molecule has 1 aliphatic rings. The van der Waals surface area contributed by atoms with Gasteiger partial charge in [0.1, 0.15) is 5.69 Å². The van der Waals surface area contributed by atoms with Crippen molar-refractivity contribution in [3.63, 3.8) is 0 Å². The molecule has 0 aromatic heterocycles. The first-order valence-corrected chi connectivity index (χ1v) is 10.9. The summed E-state index contributed by atoms with van der Waals surface area (Å²) in [4.78, 5) is 49.2. The molecule has 0 aliphatic carbocycles. The zero-order chi connectivity index (χ0) is 24.8. The van der Waals surface area contributed by atoms with Crippen molar-refractivity contribution in [1.82, 2.24) is 0 Å². The number of amides is 2. The van der Waals surface area contributed by atoms with Crippen LogP contribution in [0.1, 0.15) is 23.2 Å². The molecule has 0 atom stereocenters. The van der Waals surface area contributed by atoms with Gasteiger partial charge in [0.15, 0.2) is 6.61 Å². The minimum atomic E-state index is -0.870. The Morgan fingerprint density at radius 1 is 1.00 bits per heavy atom. The molecule has 35 heavy (non-hydrogen) atoms. The number of carbonyl (C=O) groups is 3. The monoisotopic (exact) mass is 474 g/mol. The van der Waals surface area contributed by atoms with Gasteiger partial charge < -0.3 is 20.3 Å². The largest absolute Gasteiger partial charge is 0.452 e. The number of nitrogens with zero attached hydrogens (tertiary/aromatic N) is 2. The molecule has 1 fully saturated rings. The minimum Gasteiger partial charge on any atom is -0.452 e. The molecule has 0 spiro atoms. The van der Waals surface area contributed by atoms with Gasteiger partial charge in [-0.3, -0.25) is 19.7 Å². The van der Waals surface area contributed by atoms with Gasteiger partial charge in [0.05, 0.1) is 10.5 Å². The number of hydrogen-bond acceptors (Lipinski definition) is 7. The van der Waals surface area contributed by atoms with Crippen LogP contribution in [0.5, 0.6) is 0 Å². The van der Waals surface area contributed by atoms with E-state index < -0.39 is 23.4 Å². The van der Waals surface area contributed by atoms with Gasteiger partial charge >= 0.3 is 5.97 Å². The number of benzene rings is 3. The summed E-state index contributed by atoms with van der Waals surface area (Å²) >= 11 is 0. The molecular formula is C25H22N4O6. The number of nitrogens with one attached hydrogen (secondary N) is 2. The normalized spacial score (nSPS) is 12.8. The number of rotatable bonds is 8. The Hall–Kier alpha value is -4.73. The predicted octanol–water partition coefficient (Wildman–Crippen LogP) is 4.26. The molecule has 10 nitrogen and oxygen atoms in total. The Labute approximate surface area is 200 Å². The molecule has 178 valence electrons. The first kappa shape index (κ1) is 23.4. The Bertz CT molecular complexity index is 1280. The Balaban J connectivity index is 1.37. The number of hydrogen-bond donors (Lipinski definition) is 2. The standard InChI is InChI=1S/C25H22N4O6/c30-23(27-19-8-4-9-20(15-19)28-13-5-10-24(28)31)16-35-25(32)17-11-12-21(22(14-17)29(33)34)26-18-6-2-1-3-7-18/h1-4,6-9,11-12,14-15,26H,5,10,13,16H2,(H,27,30). The van der Waals surface area contributed by atoms with Gasteiger partial charge in [0, 0.05) is 36.1 Å². The van der Waals surface area contributed by atoms with E-state index in [1.807, 2.05) is 6.07 Å². The summed E-state index contributed by atoms with van der Waals surface area (Å²) in [6.45, 7) is 0.0448. The highest BCUT2D eigenvalue weighted by Gasteiger charge is 2.22. The number of anilines is 4. The summed E-state index contributed by atoms with van der Waals surface area (Å²) in [5.74, 6) is -1.42. The van der Waals surface area contributed by atoms with Crippen molar-refractivity contribution in [2.45, 2.75) is 12.8 Å². The van der Waals surface area contributed by atoms with E-state index in [4.69, 9.17) is 4.74 Å². The third kappa shape index (κ3) is 5.80. The van der Waals surface area contributed by atoms with Crippen molar-refractivity contribution in [3.8, 4) is 0 Å². The first-order chi connectivity index (χ1) is 16.9. The maximum Gasteiger partial charge on any atom is 0.338 e. The molecule has 3 aromatic carbocycles. The highest BCUT2D eigenvalue weighted by molar-refractivity contribution is 5.98.